The molecule has 2 bridgehead atoms. The van der Waals surface area contributed by atoms with Crippen molar-refractivity contribution in [1.29, 1.82) is 0 Å². The van der Waals surface area contributed by atoms with E-state index in [0.29, 0.717) is 12.0 Å². The fourth-order valence-electron chi connectivity index (χ4n) is 4.61. The minimum Gasteiger partial charge on any atom is -0.455 e. The molecule has 0 aromatic heterocycles. The van der Waals surface area contributed by atoms with Crippen molar-refractivity contribution in [1.82, 2.24) is 0 Å². The Kier molecular flexibility index (Phi) is 7.16. The first-order valence-corrected chi connectivity index (χ1v) is 10.4. The van der Waals surface area contributed by atoms with Crippen molar-refractivity contribution < 1.29 is 39.4 Å². The predicted octanol–water partition coefficient (Wildman–Crippen LogP) is 0.912. The molecule has 9 atom stereocenters. The molecule has 8 nitrogen and oxygen atoms in total. The van der Waals surface area contributed by atoms with E-state index in [1.807, 2.05) is 19.9 Å². The van der Waals surface area contributed by atoms with E-state index in [-0.39, 0.29) is 24.7 Å². The molecule has 168 valence electrons. The van der Waals surface area contributed by atoms with E-state index in [2.05, 4.69) is 0 Å². The highest BCUT2D eigenvalue weighted by Gasteiger charge is 2.55. The van der Waals surface area contributed by atoms with Crippen LogP contribution in [0.2, 0.25) is 0 Å². The monoisotopic (exact) mass is 424 g/mol. The molecule has 2 fully saturated rings. The topological polar surface area (TPSA) is 126 Å². The third-order valence-electron chi connectivity index (χ3n) is 6.31. The van der Waals surface area contributed by atoms with Crippen molar-refractivity contribution in [3.05, 3.63) is 35.9 Å². The number of benzene rings is 1. The van der Waals surface area contributed by atoms with Gasteiger partial charge >= 0.3 is 5.97 Å². The molecule has 1 aromatic carbocycles. The van der Waals surface area contributed by atoms with Gasteiger partial charge in [-0.25, -0.2) is 0 Å². The van der Waals surface area contributed by atoms with Crippen LogP contribution in [0, 0.1) is 11.8 Å². The van der Waals surface area contributed by atoms with Crippen LogP contribution in [-0.2, 0) is 19.0 Å². The molecular formula is C22H32O8. The number of aliphatic hydroxyl groups is 4. The van der Waals surface area contributed by atoms with Gasteiger partial charge in [0.1, 0.15) is 18.3 Å². The molecule has 8 heteroatoms. The van der Waals surface area contributed by atoms with Crippen molar-refractivity contribution in [3.8, 4) is 0 Å². The van der Waals surface area contributed by atoms with Crippen molar-refractivity contribution in [2.75, 3.05) is 7.11 Å². The van der Waals surface area contributed by atoms with E-state index in [0.717, 1.165) is 0 Å². The van der Waals surface area contributed by atoms with Crippen molar-refractivity contribution in [3.63, 3.8) is 0 Å². The normalized spacial score (nSPS) is 43.2. The number of rotatable bonds is 2. The molecule has 0 amide bonds. The first-order chi connectivity index (χ1) is 14.2. The van der Waals surface area contributed by atoms with Gasteiger partial charge in [-0.3, -0.25) is 4.79 Å². The average Bonchev–Trinajstić information content (AvgIpc) is 2.73. The summed E-state index contributed by atoms with van der Waals surface area (Å²) in [5.74, 6) is -3.21. The predicted molar refractivity (Wildman–Crippen MR) is 106 cm³/mol. The van der Waals surface area contributed by atoms with Gasteiger partial charge in [-0.15, -0.1) is 0 Å². The van der Waals surface area contributed by atoms with E-state index < -0.39 is 48.4 Å². The third-order valence-corrected chi connectivity index (χ3v) is 6.31. The van der Waals surface area contributed by atoms with Gasteiger partial charge in [0.05, 0.1) is 18.6 Å². The lowest BCUT2D eigenvalue weighted by Crippen LogP contribution is -2.66. The number of cyclic esters (lactones) is 1. The molecule has 2 aliphatic heterocycles. The zero-order valence-electron chi connectivity index (χ0n) is 17.5. The summed E-state index contributed by atoms with van der Waals surface area (Å²) in [7, 11) is 1.30. The summed E-state index contributed by atoms with van der Waals surface area (Å²) in [4.78, 5) is 12.6. The second kappa shape index (κ2) is 9.30. The maximum atomic E-state index is 12.6. The first kappa shape index (κ1) is 23.1. The van der Waals surface area contributed by atoms with Gasteiger partial charge < -0.3 is 34.6 Å². The van der Waals surface area contributed by atoms with E-state index >= 15 is 0 Å². The number of hydrogen-bond donors (Lipinski definition) is 4. The molecule has 30 heavy (non-hydrogen) atoms. The molecule has 2 unspecified atom stereocenters. The minimum absolute atomic E-state index is 0.190. The van der Waals surface area contributed by atoms with Gasteiger partial charge in [-0.05, 0) is 23.8 Å². The Balaban J connectivity index is 1.94. The maximum Gasteiger partial charge on any atom is 0.306 e. The maximum absolute atomic E-state index is 12.6. The van der Waals surface area contributed by atoms with Gasteiger partial charge in [-0.2, -0.15) is 0 Å². The van der Waals surface area contributed by atoms with Gasteiger partial charge in [0.2, 0.25) is 0 Å². The summed E-state index contributed by atoms with van der Waals surface area (Å²) >= 11 is 0. The molecule has 4 N–H and O–H groups in total. The molecule has 0 spiro atoms. The molecule has 1 aromatic rings. The highest BCUT2D eigenvalue weighted by atomic mass is 16.7. The van der Waals surface area contributed by atoms with Crippen LogP contribution in [0.4, 0.5) is 0 Å². The Morgan fingerprint density at radius 1 is 1.03 bits per heavy atom. The molecule has 0 saturated carbocycles. The minimum atomic E-state index is -1.96. The van der Waals surface area contributed by atoms with E-state index in [9.17, 15) is 25.2 Å². The lowest BCUT2D eigenvalue weighted by molar-refractivity contribution is -0.359. The van der Waals surface area contributed by atoms with E-state index in [4.69, 9.17) is 14.2 Å². The fraction of sp³-hybridized carbons (Fsp3) is 0.682. The van der Waals surface area contributed by atoms with Crippen molar-refractivity contribution >= 4 is 5.97 Å². The highest BCUT2D eigenvalue weighted by molar-refractivity contribution is 5.70. The molecule has 2 saturated heterocycles. The Bertz CT molecular complexity index is 712. The second-order valence-corrected chi connectivity index (χ2v) is 8.57. The van der Waals surface area contributed by atoms with Gasteiger partial charge in [0, 0.05) is 13.5 Å². The zero-order valence-corrected chi connectivity index (χ0v) is 17.5. The number of carbonyl (C=O) groups excluding carboxylic acids is 1. The third kappa shape index (κ3) is 4.54. The standard InChI is InChI=1S/C22H32O8/c1-12-11-13(2)19-17(25)18(26)21(28-3)22(27,30-19)10-9-15(23)29-20(16(12)24)14-7-5-4-6-8-14/h4-8,12-13,16-21,24-27H,9-11H2,1-3H3/t12-,13+,16-,17+,18+,19-,20?,21?,22-/m1/s1. The number of fused-ring (bicyclic) bond motifs is 2. The van der Waals surface area contributed by atoms with Crippen LogP contribution < -0.4 is 0 Å². The lowest BCUT2D eigenvalue weighted by Gasteiger charge is -2.49. The number of methoxy groups -OCH3 is 1. The van der Waals surface area contributed by atoms with Gasteiger partial charge in [-0.1, -0.05) is 44.2 Å². The second-order valence-electron chi connectivity index (χ2n) is 8.57. The smallest absolute Gasteiger partial charge is 0.306 e. The van der Waals surface area contributed by atoms with Crippen LogP contribution in [-0.4, -0.2) is 69.8 Å². The first-order valence-electron chi connectivity index (χ1n) is 10.4. The molecule has 3 rings (SSSR count). The summed E-state index contributed by atoms with van der Waals surface area (Å²) in [6.45, 7) is 3.65. The Morgan fingerprint density at radius 2 is 1.70 bits per heavy atom. The molecule has 2 aliphatic rings. The summed E-state index contributed by atoms with van der Waals surface area (Å²) in [5.41, 5.74) is 0.676. The van der Waals surface area contributed by atoms with Crippen molar-refractivity contribution in [2.24, 2.45) is 11.8 Å². The van der Waals surface area contributed by atoms with Crippen molar-refractivity contribution in [2.45, 2.75) is 75.5 Å². The van der Waals surface area contributed by atoms with E-state index in [1.54, 1.807) is 24.3 Å². The largest absolute Gasteiger partial charge is 0.455 e. The summed E-state index contributed by atoms with van der Waals surface area (Å²) in [6, 6.07) is 9.03. The lowest BCUT2D eigenvalue weighted by atomic mass is 9.80. The van der Waals surface area contributed by atoms with E-state index in [1.165, 1.54) is 7.11 Å². The summed E-state index contributed by atoms with van der Waals surface area (Å²) < 4.78 is 16.6. The molecular weight excluding hydrogens is 392 g/mol. The number of aliphatic hydroxyl groups excluding tert-OH is 3. The number of esters is 1. The Morgan fingerprint density at radius 3 is 2.33 bits per heavy atom. The molecule has 0 aliphatic carbocycles. The van der Waals surface area contributed by atoms with Crippen LogP contribution in [0.25, 0.3) is 0 Å². The zero-order chi connectivity index (χ0) is 22.1. The SMILES string of the molecule is COC1[C@@H](O)[C@H](O)[C@@H]2O[C@]1(O)CCC(=O)OC(c1ccccc1)[C@H](O)[C@H](C)C[C@@H]2C. The molecule has 2 heterocycles. The number of ether oxygens (including phenoxy) is 3. The average molecular weight is 424 g/mol. The van der Waals surface area contributed by atoms with Gasteiger partial charge in [0.25, 0.3) is 0 Å². The Labute approximate surface area is 176 Å². The highest BCUT2D eigenvalue weighted by Crippen LogP contribution is 2.39. The van der Waals surface area contributed by atoms with Crippen LogP contribution >= 0.6 is 0 Å². The summed E-state index contributed by atoms with van der Waals surface area (Å²) in [6.07, 6.45) is -6.62. The fourth-order valence-corrected chi connectivity index (χ4v) is 4.61. The summed E-state index contributed by atoms with van der Waals surface area (Å²) in [5, 5.41) is 43.2. The molecule has 0 radical (unpaired) electrons. The van der Waals surface area contributed by atoms with Crippen LogP contribution in [0.15, 0.2) is 30.3 Å². The Hall–Kier alpha value is -1.55. The van der Waals surface area contributed by atoms with Crippen LogP contribution in [0.5, 0.6) is 0 Å². The van der Waals surface area contributed by atoms with Crippen LogP contribution in [0.3, 0.4) is 0 Å². The van der Waals surface area contributed by atoms with Gasteiger partial charge in [0.15, 0.2) is 11.9 Å². The van der Waals surface area contributed by atoms with Crippen LogP contribution in [0.1, 0.15) is 44.8 Å². The number of carbonyl (C=O) groups is 1. The quantitative estimate of drug-likeness (QED) is 0.516. The number of hydrogen-bond acceptors (Lipinski definition) is 8.